The van der Waals surface area contributed by atoms with Crippen molar-refractivity contribution in [2.45, 2.75) is 45.1 Å². The van der Waals surface area contributed by atoms with Gasteiger partial charge in [-0.3, -0.25) is 19.7 Å². The van der Waals surface area contributed by atoms with E-state index in [0.717, 1.165) is 37.8 Å². The van der Waals surface area contributed by atoms with Crippen molar-refractivity contribution in [1.29, 1.82) is 0 Å². The second kappa shape index (κ2) is 7.15. The summed E-state index contributed by atoms with van der Waals surface area (Å²) in [5.41, 5.74) is -1.37. The molecule has 1 atom stereocenters. The van der Waals surface area contributed by atoms with Crippen molar-refractivity contribution >= 4 is 22.6 Å². The van der Waals surface area contributed by atoms with Crippen LogP contribution in [0, 0.1) is 16.0 Å². The van der Waals surface area contributed by atoms with Crippen molar-refractivity contribution < 1.29 is 19.2 Å². The molecule has 1 heterocycles. The normalized spacial score (nSPS) is 16.3. The molecule has 1 saturated carbocycles. The molecule has 0 spiro atoms. The fraction of sp³-hybridized carbons (Fsp3) is 0.444. The molecule has 8 heteroatoms. The van der Waals surface area contributed by atoms with Crippen molar-refractivity contribution in [2.24, 2.45) is 5.92 Å². The maximum atomic E-state index is 12.4. The van der Waals surface area contributed by atoms with Crippen LogP contribution in [0.5, 0.6) is 5.75 Å². The monoisotopic (exact) mass is 360 g/mol. The molecule has 138 valence electrons. The molecular formula is C18H20N2O6. The number of hydrogen-bond donors (Lipinski definition) is 2. The van der Waals surface area contributed by atoms with Crippen LogP contribution in [0.4, 0.5) is 5.69 Å². The van der Waals surface area contributed by atoms with Gasteiger partial charge in [-0.1, -0.05) is 19.3 Å². The molecule has 1 aromatic carbocycles. The molecule has 3 rings (SSSR count). The molecule has 1 fully saturated rings. The van der Waals surface area contributed by atoms with E-state index in [4.69, 9.17) is 4.42 Å². The molecule has 0 saturated heterocycles. The summed E-state index contributed by atoms with van der Waals surface area (Å²) in [7, 11) is 0. The topological polar surface area (TPSA) is 123 Å². The molecule has 1 aromatic heterocycles. The Balaban J connectivity index is 1.88. The minimum Gasteiger partial charge on any atom is -0.501 e. The van der Waals surface area contributed by atoms with Crippen LogP contribution in [0.15, 0.2) is 27.4 Å². The zero-order valence-corrected chi connectivity index (χ0v) is 14.4. The lowest BCUT2D eigenvalue weighted by Crippen LogP contribution is -2.39. The minimum absolute atomic E-state index is 0.0472. The van der Waals surface area contributed by atoms with E-state index in [9.17, 15) is 24.8 Å². The highest BCUT2D eigenvalue weighted by Crippen LogP contribution is 2.32. The molecule has 8 nitrogen and oxygen atoms in total. The molecule has 0 unspecified atom stereocenters. The van der Waals surface area contributed by atoms with Gasteiger partial charge >= 0.3 is 5.69 Å². The fourth-order valence-electron chi connectivity index (χ4n) is 3.51. The van der Waals surface area contributed by atoms with Crippen LogP contribution in [0.3, 0.4) is 0 Å². The number of rotatable bonds is 4. The molecule has 26 heavy (non-hydrogen) atoms. The highest BCUT2D eigenvalue weighted by molar-refractivity contribution is 5.95. The number of phenols is 1. The predicted molar refractivity (Wildman–Crippen MR) is 94.3 cm³/mol. The number of benzene rings is 1. The Morgan fingerprint density at radius 1 is 1.35 bits per heavy atom. The molecule has 2 aromatic rings. The molecule has 0 bridgehead atoms. The Bertz CT molecular complexity index is 914. The van der Waals surface area contributed by atoms with Crippen LogP contribution < -0.4 is 10.7 Å². The van der Waals surface area contributed by atoms with Gasteiger partial charge in [0.2, 0.25) is 5.75 Å². The highest BCUT2D eigenvalue weighted by atomic mass is 16.6. The first-order chi connectivity index (χ1) is 12.4. The number of fused-ring (bicyclic) bond motifs is 1. The number of aromatic hydroxyl groups is 1. The second-order valence-corrected chi connectivity index (χ2v) is 6.70. The summed E-state index contributed by atoms with van der Waals surface area (Å²) in [6.07, 6.45) is 5.62. The van der Waals surface area contributed by atoms with Gasteiger partial charge in [0.15, 0.2) is 11.2 Å². The second-order valence-electron chi connectivity index (χ2n) is 6.70. The number of nitro groups is 1. The summed E-state index contributed by atoms with van der Waals surface area (Å²) < 4.78 is 5.41. The van der Waals surface area contributed by atoms with Gasteiger partial charge in [-0.15, -0.1) is 0 Å². The van der Waals surface area contributed by atoms with Crippen LogP contribution in [0.2, 0.25) is 0 Å². The summed E-state index contributed by atoms with van der Waals surface area (Å²) in [5.74, 6) is -1.06. The first kappa shape index (κ1) is 17.9. The van der Waals surface area contributed by atoms with Gasteiger partial charge in [-0.2, -0.15) is 0 Å². The van der Waals surface area contributed by atoms with Gasteiger partial charge in [-0.05, 0) is 31.7 Å². The summed E-state index contributed by atoms with van der Waals surface area (Å²) in [5, 5.41) is 23.4. The van der Waals surface area contributed by atoms with Gasteiger partial charge in [-0.25, -0.2) is 0 Å². The van der Waals surface area contributed by atoms with Gasteiger partial charge < -0.3 is 14.8 Å². The third-order valence-electron chi connectivity index (χ3n) is 4.98. The number of nitrogens with zero attached hydrogens (tertiary/aromatic N) is 1. The average molecular weight is 360 g/mol. The van der Waals surface area contributed by atoms with Crippen molar-refractivity contribution in [3.63, 3.8) is 0 Å². The fourth-order valence-corrected chi connectivity index (χ4v) is 3.51. The standard InChI is InChI=1S/C18H20N2O6/c1-10(11-5-3-2-4-6-11)19-18(23)15-9-13(21)16-14(26-15)8-7-12(17(16)22)20(24)25/h7-11,22H,2-6H2,1H3,(H,19,23)/t10-/m0/s1. The van der Waals surface area contributed by atoms with E-state index in [2.05, 4.69) is 5.32 Å². The van der Waals surface area contributed by atoms with E-state index in [1.165, 1.54) is 12.5 Å². The van der Waals surface area contributed by atoms with Crippen molar-refractivity contribution in [3.05, 3.63) is 44.3 Å². The number of hydrogen-bond acceptors (Lipinski definition) is 6. The van der Waals surface area contributed by atoms with Crippen molar-refractivity contribution in [1.82, 2.24) is 5.32 Å². The van der Waals surface area contributed by atoms with E-state index >= 15 is 0 Å². The molecule has 1 amide bonds. The summed E-state index contributed by atoms with van der Waals surface area (Å²) in [6, 6.07) is 3.14. The third-order valence-corrected chi connectivity index (χ3v) is 4.98. The number of carbonyl (C=O) groups excluding carboxylic acids is 1. The van der Waals surface area contributed by atoms with Crippen LogP contribution in [-0.4, -0.2) is 22.0 Å². The lowest BCUT2D eigenvalue weighted by atomic mass is 9.84. The van der Waals surface area contributed by atoms with Gasteiger partial charge in [0.05, 0.1) is 4.92 Å². The lowest BCUT2D eigenvalue weighted by molar-refractivity contribution is -0.385. The van der Waals surface area contributed by atoms with E-state index in [0.29, 0.717) is 5.92 Å². The number of nitrogens with one attached hydrogen (secondary N) is 1. The summed E-state index contributed by atoms with van der Waals surface area (Å²) in [4.78, 5) is 34.8. The largest absolute Gasteiger partial charge is 0.501 e. The predicted octanol–water partition coefficient (Wildman–Crippen LogP) is 3.11. The molecule has 0 aliphatic heterocycles. The zero-order valence-electron chi connectivity index (χ0n) is 14.4. The van der Waals surface area contributed by atoms with Crippen LogP contribution in [0.25, 0.3) is 11.0 Å². The van der Waals surface area contributed by atoms with Gasteiger partial charge in [0.1, 0.15) is 11.0 Å². The third kappa shape index (κ3) is 3.40. The number of nitro benzene ring substituents is 1. The first-order valence-electron chi connectivity index (χ1n) is 8.63. The van der Waals surface area contributed by atoms with Crippen LogP contribution in [-0.2, 0) is 0 Å². The van der Waals surface area contributed by atoms with Crippen molar-refractivity contribution in [2.75, 3.05) is 0 Å². The SMILES string of the molecule is C[C@H](NC(=O)c1cc(=O)c2c(O)c([N+](=O)[O-])ccc2o1)C1CCCCC1. The molecule has 2 N–H and O–H groups in total. The summed E-state index contributed by atoms with van der Waals surface area (Å²) in [6.45, 7) is 1.93. The molecule has 0 radical (unpaired) electrons. The van der Waals surface area contributed by atoms with E-state index in [-0.39, 0.29) is 22.8 Å². The van der Waals surface area contributed by atoms with Crippen molar-refractivity contribution in [3.8, 4) is 5.75 Å². The number of amides is 1. The van der Waals surface area contributed by atoms with Gasteiger partial charge in [0, 0.05) is 18.2 Å². The van der Waals surface area contributed by atoms with E-state index < -0.39 is 27.7 Å². The van der Waals surface area contributed by atoms with Crippen LogP contribution in [0.1, 0.15) is 49.6 Å². The number of phenolic OH excluding ortho intramolecular Hbond substituents is 1. The van der Waals surface area contributed by atoms with Crippen LogP contribution >= 0.6 is 0 Å². The average Bonchev–Trinajstić information content (AvgIpc) is 2.61. The Labute approximate surface area is 149 Å². The first-order valence-corrected chi connectivity index (χ1v) is 8.63. The number of carbonyl (C=O) groups is 1. The van der Waals surface area contributed by atoms with E-state index in [1.807, 2.05) is 6.92 Å². The lowest BCUT2D eigenvalue weighted by Gasteiger charge is -2.28. The Hall–Kier alpha value is -2.90. The molecule has 1 aliphatic carbocycles. The highest BCUT2D eigenvalue weighted by Gasteiger charge is 2.24. The zero-order chi connectivity index (χ0) is 18.8. The smallest absolute Gasteiger partial charge is 0.311 e. The van der Waals surface area contributed by atoms with E-state index in [1.54, 1.807) is 0 Å². The minimum atomic E-state index is -0.791. The Morgan fingerprint density at radius 3 is 2.69 bits per heavy atom. The Morgan fingerprint density at radius 2 is 2.04 bits per heavy atom. The summed E-state index contributed by atoms with van der Waals surface area (Å²) >= 11 is 0. The quantitative estimate of drug-likeness (QED) is 0.638. The maximum absolute atomic E-state index is 12.4. The maximum Gasteiger partial charge on any atom is 0.311 e. The Kier molecular flexibility index (Phi) is 4.92. The molecule has 1 aliphatic rings. The van der Waals surface area contributed by atoms with Gasteiger partial charge in [0.25, 0.3) is 5.91 Å². The molecular weight excluding hydrogens is 340 g/mol.